The second-order valence-electron chi connectivity index (χ2n) is 12.3. The van der Waals surface area contributed by atoms with Crippen LogP contribution >= 0.6 is 0 Å². The third-order valence-corrected chi connectivity index (χ3v) is 9.62. The van der Waals surface area contributed by atoms with Crippen molar-refractivity contribution in [3.63, 3.8) is 0 Å². The van der Waals surface area contributed by atoms with Crippen LogP contribution in [0, 0.1) is 34.0 Å². The zero-order valence-corrected chi connectivity index (χ0v) is 26.7. The molecule has 0 atom stereocenters. The maximum atomic E-state index is 10.3. The summed E-state index contributed by atoms with van der Waals surface area (Å²) in [4.78, 5) is 0. The van der Waals surface area contributed by atoms with Crippen molar-refractivity contribution in [3.8, 4) is 51.8 Å². The maximum absolute atomic E-state index is 10.3. The van der Waals surface area contributed by atoms with E-state index in [1.807, 2.05) is 66.7 Å². The standard InChI is InChI=1S/C45H25N5/c46-26-29-19-21-34(39(23-29)31-9-7-11-33(25-31)49-41-16-4-2-13-36(41)37-14-3-5-17-42(37)49)35-12-1-6-18-43(35)50-44-22-20-30(27-47)24-40(44)38-15-8-10-32(28-48)45(38)50/h1-25H. The van der Waals surface area contributed by atoms with Crippen LogP contribution in [0.25, 0.3) is 77.2 Å². The Kier molecular flexibility index (Phi) is 6.56. The van der Waals surface area contributed by atoms with Gasteiger partial charge in [-0.25, -0.2) is 0 Å². The number of nitrogens with zero attached hydrogens (tertiary/aromatic N) is 5. The van der Waals surface area contributed by atoms with Gasteiger partial charge in [-0.2, -0.15) is 15.8 Å². The van der Waals surface area contributed by atoms with Crippen molar-refractivity contribution < 1.29 is 0 Å². The fourth-order valence-electron chi connectivity index (χ4n) is 7.48. The molecule has 2 heterocycles. The Morgan fingerprint density at radius 2 is 1.04 bits per heavy atom. The summed E-state index contributed by atoms with van der Waals surface area (Å²) < 4.78 is 4.43. The molecular weight excluding hydrogens is 611 g/mol. The van der Waals surface area contributed by atoms with Gasteiger partial charge in [-0.1, -0.05) is 84.9 Å². The van der Waals surface area contributed by atoms with Crippen molar-refractivity contribution in [3.05, 3.63) is 168 Å². The third-order valence-electron chi connectivity index (χ3n) is 9.62. The summed E-state index contributed by atoms with van der Waals surface area (Å²) in [7, 11) is 0. The highest BCUT2D eigenvalue weighted by atomic mass is 15.0. The van der Waals surface area contributed by atoms with Gasteiger partial charge in [0.25, 0.3) is 0 Å². The molecule has 5 heteroatoms. The number of fused-ring (bicyclic) bond motifs is 6. The molecule has 0 aliphatic carbocycles. The molecule has 0 N–H and O–H groups in total. The molecule has 0 bridgehead atoms. The van der Waals surface area contributed by atoms with Gasteiger partial charge in [0.1, 0.15) is 6.07 Å². The van der Waals surface area contributed by atoms with E-state index < -0.39 is 0 Å². The number of nitriles is 3. The first kappa shape index (κ1) is 28.8. The van der Waals surface area contributed by atoms with Crippen LogP contribution in [0.15, 0.2) is 152 Å². The molecule has 0 spiro atoms. The molecule has 9 aromatic rings. The van der Waals surface area contributed by atoms with E-state index in [1.54, 1.807) is 0 Å². The predicted molar refractivity (Wildman–Crippen MR) is 200 cm³/mol. The van der Waals surface area contributed by atoms with Crippen LogP contribution in [-0.4, -0.2) is 9.13 Å². The molecule has 50 heavy (non-hydrogen) atoms. The summed E-state index contributed by atoms with van der Waals surface area (Å²) in [6.45, 7) is 0. The average Bonchev–Trinajstić information content (AvgIpc) is 3.70. The van der Waals surface area contributed by atoms with Gasteiger partial charge in [0.15, 0.2) is 0 Å². The SMILES string of the molecule is N#Cc1ccc(-c2ccccc2-n2c3ccc(C#N)cc3c3cccc(C#N)c32)c(-c2cccc(-n3c4ccccc4c4ccccc43)c2)c1. The van der Waals surface area contributed by atoms with E-state index >= 15 is 0 Å². The number of para-hydroxylation sites is 4. The Bertz CT molecular complexity index is 2920. The van der Waals surface area contributed by atoms with Gasteiger partial charge in [-0.15, -0.1) is 0 Å². The molecule has 0 amide bonds. The molecule has 230 valence electrons. The molecule has 0 radical (unpaired) electrons. The first-order chi connectivity index (χ1) is 24.7. The highest BCUT2D eigenvalue weighted by Gasteiger charge is 2.21. The Morgan fingerprint density at radius 1 is 0.400 bits per heavy atom. The molecule has 9 rings (SSSR count). The second-order valence-corrected chi connectivity index (χ2v) is 12.3. The van der Waals surface area contributed by atoms with Crippen LogP contribution < -0.4 is 0 Å². The van der Waals surface area contributed by atoms with E-state index in [0.29, 0.717) is 16.7 Å². The lowest BCUT2D eigenvalue weighted by Gasteiger charge is -2.18. The van der Waals surface area contributed by atoms with Crippen molar-refractivity contribution in [1.29, 1.82) is 15.8 Å². The monoisotopic (exact) mass is 635 g/mol. The van der Waals surface area contributed by atoms with Crippen LogP contribution in [0.3, 0.4) is 0 Å². The number of hydrogen-bond acceptors (Lipinski definition) is 3. The minimum Gasteiger partial charge on any atom is -0.309 e. The van der Waals surface area contributed by atoms with E-state index in [4.69, 9.17) is 0 Å². The zero-order chi connectivity index (χ0) is 33.8. The average molecular weight is 636 g/mol. The molecule has 0 aliphatic rings. The zero-order valence-electron chi connectivity index (χ0n) is 26.7. The fraction of sp³-hybridized carbons (Fsp3) is 0. The lowest BCUT2D eigenvalue weighted by molar-refractivity contribution is 1.17. The summed E-state index contributed by atoms with van der Waals surface area (Å²) >= 11 is 0. The maximum Gasteiger partial charge on any atom is 0.101 e. The minimum atomic E-state index is 0.547. The largest absolute Gasteiger partial charge is 0.309 e. The summed E-state index contributed by atoms with van der Waals surface area (Å²) in [5.74, 6) is 0. The topological polar surface area (TPSA) is 81.2 Å². The van der Waals surface area contributed by atoms with Crippen molar-refractivity contribution in [2.24, 2.45) is 0 Å². The van der Waals surface area contributed by atoms with E-state index in [9.17, 15) is 15.8 Å². The molecule has 2 aromatic heterocycles. The van der Waals surface area contributed by atoms with Crippen LogP contribution in [0.4, 0.5) is 0 Å². The normalized spacial score (nSPS) is 11.1. The van der Waals surface area contributed by atoms with E-state index in [0.717, 1.165) is 66.5 Å². The molecule has 0 aliphatic heterocycles. The first-order valence-electron chi connectivity index (χ1n) is 16.3. The van der Waals surface area contributed by atoms with Crippen molar-refractivity contribution >= 4 is 43.6 Å². The van der Waals surface area contributed by atoms with Crippen molar-refractivity contribution in [2.75, 3.05) is 0 Å². The van der Waals surface area contributed by atoms with Gasteiger partial charge in [-0.05, 0) is 83.4 Å². The Labute approximate surface area is 287 Å². The van der Waals surface area contributed by atoms with Gasteiger partial charge in [0, 0.05) is 32.8 Å². The number of benzene rings is 7. The summed E-state index contributed by atoms with van der Waals surface area (Å²) in [5.41, 5.74) is 11.3. The van der Waals surface area contributed by atoms with Gasteiger partial charge in [0.2, 0.25) is 0 Å². The molecule has 0 fully saturated rings. The highest BCUT2D eigenvalue weighted by Crippen LogP contribution is 2.42. The number of hydrogen-bond donors (Lipinski definition) is 0. The molecule has 0 unspecified atom stereocenters. The van der Waals surface area contributed by atoms with Gasteiger partial charge in [-0.3, -0.25) is 0 Å². The van der Waals surface area contributed by atoms with E-state index in [-0.39, 0.29) is 0 Å². The summed E-state index contributed by atoms with van der Waals surface area (Å²) in [5, 5.41) is 34.2. The second kappa shape index (κ2) is 11.4. The van der Waals surface area contributed by atoms with Crippen molar-refractivity contribution in [2.45, 2.75) is 0 Å². The summed E-state index contributed by atoms with van der Waals surface area (Å²) in [6, 6.07) is 57.8. The number of aromatic nitrogens is 2. The Balaban J connectivity index is 1.31. The van der Waals surface area contributed by atoms with Gasteiger partial charge >= 0.3 is 0 Å². The Morgan fingerprint density at radius 3 is 1.80 bits per heavy atom. The Hall–Kier alpha value is -7.39. The minimum absolute atomic E-state index is 0.547. The van der Waals surface area contributed by atoms with Crippen LogP contribution in [0.2, 0.25) is 0 Å². The van der Waals surface area contributed by atoms with Crippen LogP contribution in [0.1, 0.15) is 16.7 Å². The fourth-order valence-corrected chi connectivity index (χ4v) is 7.48. The number of rotatable bonds is 4. The van der Waals surface area contributed by atoms with Crippen molar-refractivity contribution in [1.82, 2.24) is 9.13 Å². The quantitative estimate of drug-likeness (QED) is 0.193. The molecule has 7 aromatic carbocycles. The van der Waals surface area contributed by atoms with Crippen LogP contribution in [0.5, 0.6) is 0 Å². The molecular formula is C45H25N5. The summed E-state index contributed by atoms with van der Waals surface area (Å²) in [6.07, 6.45) is 0. The van der Waals surface area contributed by atoms with Gasteiger partial charge in [0.05, 0.1) is 56.6 Å². The lowest BCUT2D eigenvalue weighted by atomic mass is 9.91. The first-order valence-corrected chi connectivity index (χ1v) is 16.3. The third kappa shape index (κ3) is 4.31. The van der Waals surface area contributed by atoms with Crippen LogP contribution in [-0.2, 0) is 0 Å². The predicted octanol–water partition coefficient (Wildman–Crippen LogP) is 10.8. The van der Waals surface area contributed by atoms with Gasteiger partial charge < -0.3 is 9.13 Å². The highest BCUT2D eigenvalue weighted by molar-refractivity contribution is 6.12. The molecule has 0 saturated carbocycles. The smallest absolute Gasteiger partial charge is 0.101 e. The molecule has 0 saturated heterocycles. The van der Waals surface area contributed by atoms with E-state index in [2.05, 4.69) is 112 Å². The molecule has 5 nitrogen and oxygen atoms in total. The lowest BCUT2D eigenvalue weighted by Crippen LogP contribution is -2.00. The van der Waals surface area contributed by atoms with E-state index in [1.165, 1.54) is 10.8 Å².